The molecule has 3 aromatic rings. The first-order valence-corrected chi connectivity index (χ1v) is 12.0. The molecule has 2 aliphatic heterocycles. The fourth-order valence-corrected chi connectivity index (χ4v) is 4.80. The van der Waals surface area contributed by atoms with Crippen molar-refractivity contribution < 1.29 is 9.59 Å². The summed E-state index contributed by atoms with van der Waals surface area (Å²) >= 11 is 1.19. The number of amides is 2. The van der Waals surface area contributed by atoms with Gasteiger partial charge in [0.1, 0.15) is 5.25 Å². The zero-order valence-electron chi connectivity index (χ0n) is 18.3. The molecule has 2 saturated heterocycles. The summed E-state index contributed by atoms with van der Waals surface area (Å²) in [4.78, 5) is 35.7. The lowest BCUT2D eigenvalue weighted by molar-refractivity contribution is -0.122. The number of pyridine rings is 2. The molecule has 2 N–H and O–H groups in total. The zero-order chi connectivity index (χ0) is 23.3. The average Bonchev–Trinajstić information content (AvgIpc) is 3.50. The van der Waals surface area contributed by atoms with Crippen molar-refractivity contribution in [2.75, 3.05) is 23.3 Å². The Balaban J connectivity index is 1.14. The van der Waals surface area contributed by atoms with Crippen LogP contribution in [-0.2, 0) is 9.59 Å². The number of fused-ring (bicyclic) bond motifs is 1. The van der Waals surface area contributed by atoms with E-state index in [-0.39, 0.29) is 18.2 Å². The van der Waals surface area contributed by atoms with Gasteiger partial charge in [0.25, 0.3) is 0 Å². The SMILES string of the molecule is O=C(CC1S/C(=N/N=C/c2ccc3cccnc3n2)NC1=O)Nc1ccc(N2CCCC2)cc1. The first-order chi connectivity index (χ1) is 16.6. The van der Waals surface area contributed by atoms with Crippen LogP contribution in [0, 0.1) is 0 Å². The van der Waals surface area contributed by atoms with Crippen molar-refractivity contribution >= 4 is 57.4 Å². The Morgan fingerprint density at radius 3 is 2.82 bits per heavy atom. The first-order valence-electron chi connectivity index (χ1n) is 11.1. The summed E-state index contributed by atoms with van der Waals surface area (Å²) in [5, 5.41) is 14.4. The molecule has 2 aromatic heterocycles. The quantitative estimate of drug-likeness (QED) is 0.420. The van der Waals surface area contributed by atoms with Crippen molar-refractivity contribution in [2.24, 2.45) is 10.2 Å². The van der Waals surface area contributed by atoms with Gasteiger partial charge in [-0.1, -0.05) is 11.8 Å². The van der Waals surface area contributed by atoms with Gasteiger partial charge < -0.3 is 15.5 Å². The van der Waals surface area contributed by atoms with Crippen LogP contribution in [0.3, 0.4) is 0 Å². The molecule has 34 heavy (non-hydrogen) atoms. The molecule has 2 aliphatic rings. The smallest absolute Gasteiger partial charge is 0.240 e. The molecular formula is C24H23N7O2S. The molecular weight excluding hydrogens is 450 g/mol. The number of nitrogens with zero attached hydrogens (tertiary/aromatic N) is 5. The van der Waals surface area contributed by atoms with Crippen molar-refractivity contribution in [2.45, 2.75) is 24.5 Å². The van der Waals surface area contributed by atoms with E-state index in [0.717, 1.165) is 24.2 Å². The highest BCUT2D eigenvalue weighted by Gasteiger charge is 2.32. The third kappa shape index (κ3) is 5.23. The number of benzene rings is 1. The highest BCUT2D eigenvalue weighted by Crippen LogP contribution is 2.25. The summed E-state index contributed by atoms with van der Waals surface area (Å²) in [6.07, 6.45) is 5.66. The third-order valence-electron chi connectivity index (χ3n) is 5.59. The number of nitrogens with one attached hydrogen (secondary N) is 2. The van der Waals surface area contributed by atoms with Gasteiger partial charge in [-0.2, -0.15) is 5.10 Å². The van der Waals surface area contributed by atoms with Gasteiger partial charge in [0, 0.05) is 42.5 Å². The normalized spacial score (nSPS) is 19.3. The Morgan fingerprint density at radius 1 is 1.18 bits per heavy atom. The minimum absolute atomic E-state index is 0.0466. The monoisotopic (exact) mass is 473 g/mol. The fourth-order valence-electron chi connectivity index (χ4n) is 3.88. The standard InChI is InChI=1S/C24H23N7O2S/c32-21(27-17-7-9-19(10-8-17)31-12-1-2-13-31)14-20-23(33)29-24(34-20)30-26-15-18-6-5-16-4-3-11-25-22(16)28-18/h3-11,15,20H,1-2,12-14H2,(H,27,32)(H,29,30,33)/b26-15+. The van der Waals surface area contributed by atoms with Gasteiger partial charge in [0.2, 0.25) is 11.8 Å². The molecule has 2 amide bonds. The predicted octanol–water partition coefficient (Wildman–Crippen LogP) is 3.18. The number of amidine groups is 1. The van der Waals surface area contributed by atoms with E-state index in [0.29, 0.717) is 22.2 Å². The van der Waals surface area contributed by atoms with Crippen LogP contribution in [0.4, 0.5) is 11.4 Å². The van der Waals surface area contributed by atoms with Crippen molar-refractivity contribution in [1.82, 2.24) is 15.3 Å². The van der Waals surface area contributed by atoms with E-state index in [1.165, 1.54) is 30.8 Å². The number of aromatic nitrogens is 2. The average molecular weight is 474 g/mol. The molecule has 1 aromatic carbocycles. The maximum atomic E-state index is 12.5. The molecule has 2 fully saturated rings. The summed E-state index contributed by atoms with van der Waals surface area (Å²) in [5.41, 5.74) is 3.11. The lowest BCUT2D eigenvalue weighted by Crippen LogP contribution is -2.28. The first kappa shape index (κ1) is 22.0. The largest absolute Gasteiger partial charge is 0.372 e. The number of carbonyl (C=O) groups is 2. The lowest BCUT2D eigenvalue weighted by atomic mass is 10.2. The van der Waals surface area contributed by atoms with Gasteiger partial charge in [-0.3, -0.25) is 9.59 Å². The van der Waals surface area contributed by atoms with Crippen molar-refractivity contribution in [3.05, 3.63) is 60.4 Å². The van der Waals surface area contributed by atoms with E-state index in [9.17, 15) is 9.59 Å². The second kappa shape index (κ2) is 10.0. The van der Waals surface area contributed by atoms with E-state index in [1.54, 1.807) is 6.20 Å². The second-order valence-corrected chi connectivity index (χ2v) is 9.22. The van der Waals surface area contributed by atoms with Gasteiger partial charge in [-0.05, 0) is 61.4 Å². The molecule has 4 heterocycles. The van der Waals surface area contributed by atoms with E-state index in [4.69, 9.17) is 0 Å². The van der Waals surface area contributed by atoms with Gasteiger partial charge in [0.05, 0.1) is 11.9 Å². The number of rotatable bonds is 6. The fraction of sp³-hybridized carbons (Fsp3) is 0.250. The van der Waals surface area contributed by atoms with Gasteiger partial charge in [-0.25, -0.2) is 9.97 Å². The number of hydrogen-bond acceptors (Lipinski definition) is 8. The van der Waals surface area contributed by atoms with Crippen LogP contribution in [0.15, 0.2) is 64.9 Å². The number of anilines is 2. The Labute approximate surface area is 200 Å². The minimum atomic E-state index is -0.555. The van der Waals surface area contributed by atoms with Crippen LogP contribution < -0.4 is 15.5 Å². The summed E-state index contributed by atoms with van der Waals surface area (Å²) in [5.74, 6) is -0.481. The van der Waals surface area contributed by atoms with Gasteiger partial charge in [0.15, 0.2) is 10.8 Å². The molecule has 0 saturated carbocycles. The van der Waals surface area contributed by atoms with Crippen molar-refractivity contribution in [3.63, 3.8) is 0 Å². The molecule has 0 bridgehead atoms. The van der Waals surface area contributed by atoms with E-state index < -0.39 is 5.25 Å². The molecule has 10 heteroatoms. The molecule has 1 atom stereocenters. The predicted molar refractivity (Wildman–Crippen MR) is 135 cm³/mol. The summed E-state index contributed by atoms with van der Waals surface area (Å²) in [6, 6.07) is 15.3. The Bertz CT molecular complexity index is 1270. The maximum Gasteiger partial charge on any atom is 0.240 e. The van der Waals surface area contributed by atoms with Crippen LogP contribution in [0.5, 0.6) is 0 Å². The molecule has 0 spiro atoms. The Morgan fingerprint density at radius 2 is 2.00 bits per heavy atom. The number of thioether (sulfide) groups is 1. The molecule has 5 rings (SSSR count). The molecule has 0 aliphatic carbocycles. The molecule has 172 valence electrons. The van der Waals surface area contributed by atoms with Gasteiger partial charge >= 0.3 is 0 Å². The van der Waals surface area contributed by atoms with Crippen molar-refractivity contribution in [1.29, 1.82) is 0 Å². The topological polar surface area (TPSA) is 112 Å². The zero-order valence-corrected chi connectivity index (χ0v) is 19.2. The highest BCUT2D eigenvalue weighted by molar-refractivity contribution is 8.15. The Hall–Kier alpha value is -3.79. The summed E-state index contributed by atoms with van der Waals surface area (Å²) < 4.78 is 0. The van der Waals surface area contributed by atoms with Crippen LogP contribution >= 0.6 is 11.8 Å². The van der Waals surface area contributed by atoms with E-state index in [1.807, 2.05) is 48.5 Å². The van der Waals surface area contributed by atoms with Crippen LogP contribution in [0.1, 0.15) is 25.0 Å². The Kier molecular flexibility index (Phi) is 6.48. The molecule has 9 nitrogen and oxygen atoms in total. The number of carbonyl (C=O) groups excluding carboxylic acids is 2. The highest BCUT2D eigenvalue weighted by atomic mass is 32.2. The van der Waals surface area contributed by atoms with E-state index >= 15 is 0 Å². The minimum Gasteiger partial charge on any atom is -0.372 e. The third-order valence-corrected chi connectivity index (χ3v) is 6.67. The van der Waals surface area contributed by atoms with Crippen molar-refractivity contribution in [3.8, 4) is 0 Å². The molecule has 1 unspecified atom stereocenters. The lowest BCUT2D eigenvalue weighted by Gasteiger charge is -2.17. The number of hydrogen-bond donors (Lipinski definition) is 2. The second-order valence-electron chi connectivity index (χ2n) is 8.03. The van der Waals surface area contributed by atoms with Gasteiger partial charge in [-0.15, -0.1) is 5.10 Å². The molecule has 0 radical (unpaired) electrons. The van der Waals surface area contributed by atoms with Crippen LogP contribution in [-0.4, -0.2) is 51.5 Å². The van der Waals surface area contributed by atoms with Crippen LogP contribution in [0.25, 0.3) is 11.0 Å². The van der Waals surface area contributed by atoms with Crippen LogP contribution in [0.2, 0.25) is 0 Å². The van der Waals surface area contributed by atoms with E-state index in [2.05, 4.69) is 35.7 Å². The maximum absolute atomic E-state index is 12.5. The summed E-state index contributed by atoms with van der Waals surface area (Å²) in [6.45, 7) is 2.15. The summed E-state index contributed by atoms with van der Waals surface area (Å²) in [7, 11) is 0.